The van der Waals surface area contributed by atoms with E-state index in [-0.39, 0.29) is 12.3 Å². The average Bonchev–Trinajstić information content (AvgIpc) is 2.93. The summed E-state index contributed by atoms with van der Waals surface area (Å²) in [6, 6.07) is 16.9. The fraction of sp³-hybridized carbons (Fsp3) is 0.357. The molecule has 0 bridgehead atoms. The van der Waals surface area contributed by atoms with Crippen molar-refractivity contribution in [3.8, 4) is 0 Å². The number of benzodiazepines with no additional fused rings is 1. The number of anilines is 1. The number of carboxylic acid groups (broad SMARTS) is 1. The topological polar surface area (TPSA) is 99.1 Å². The van der Waals surface area contributed by atoms with E-state index in [0.29, 0.717) is 17.8 Å². The highest BCUT2D eigenvalue weighted by Gasteiger charge is 2.45. The van der Waals surface area contributed by atoms with Crippen LogP contribution in [0.3, 0.4) is 0 Å². The van der Waals surface area contributed by atoms with Crippen LogP contribution >= 0.6 is 0 Å². The van der Waals surface area contributed by atoms with Crippen molar-refractivity contribution >= 4 is 29.2 Å². The van der Waals surface area contributed by atoms with Crippen molar-refractivity contribution in [2.75, 3.05) is 11.9 Å². The van der Waals surface area contributed by atoms with Gasteiger partial charge >= 0.3 is 5.97 Å². The van der Waals surface area contributed by atoms with Gasteiger partial charge in [-0.2, -0.15) is 0 Å². The maximum Gasteiger partial charge on any atom is 0.310 e. The molecule has 2 amide bonds. The van der Waals surface area contributed by atoms with Gasteiger partial charge < -0.3 is 15.3 Å². The second-order valence-corrected chi connectivity index (χ2v) is 9.57. The highest BCUT2D eigenvalue weighted by atomic mass is 16.4. The molecule has 7 nitrogen and oxygen atoms in total. The Morgan fingerprint density at radius 1 is 1.17 bits per heavy atom. The SMILES string of the molecule is C=CC[C@@](C)(C(=O)O)[C@@H](CC(C)C)C(=O)N[C@H]1N=C(c2ccccc2)c2ccccc2N(C)C1=O. The molecule has 0 radical (unpaired) electrons. The molecule has 3 rings (SSSR count). The van der Waals surface area contributed by atoms with E-state index in [1.54, 1.807) is 14.0 Å². The van der Waals surface area contributed by atoms with Crippen LogP contribution in [0.25, 0.3) is 0 Å². The number of hydrogen-bond donors (Lipinski definition) is 2. The number of carbonyl (C=O) groups is 3. The van der Waals surface area contributed by atoms with E-state index in [0.717, 1.165) is 11.1 Å². The van der Waals surface area contributed by atoms with Gasteiger partial charge in [0.15, 0.2) is 0 Å². The van der Waals surface area contributed by atoms with Gasteiger partial charge in [0.2, 0.25) is 12.1 Å². The number of carbonyl (C=O) groups excluding carboxylic acids is 2. The number of nitrogens with one attached hydrogen (secondary N) is 1. The average molecular weight is 476 g/mol. The third kappa shape index (κ3) is 5.34. The summed E-state index contributed by atoms with van der Waals surface area (Å²) in [5, 5.41) is 12.8. The van der Waals surface area contributed by atoms with E-state index in [1.807, 2.05) is 68.4 Å². The Morgan fingerprint density at radius 3 is 2.40 bits per heavy atom. The van der Waals surface area contributed by atoms with Gasteiger partial charge in [-0.15, -0.1) is 6.58 Å². The molecular weight excluding hydrogens is 442 g/mol. The van der Waals surface area contributed by atoms with Gasteiger partial charge in [-0.3, -0.25) is 14.4 Å². The predicted molar refractivity (Wildman–Crippen MR) is 137 cm³/mol. The molecule has 1 aliphatic rings. The van der Waals surface area contributed by atoms with Gasteiger partial charge in [0.05, 0.1) is 22.7 Å². The maximum absolute atomic E-state index is 13.6. The number of rotatable bonds is 9. The Bertz CT molecular complexity index is 1140. The lowest BCUT2D eigenvalue weighted by Gasteiger charge is -2.34. The lowest BCUT2D eigenvalue weighted by atomic mass is 9.70. The molecule has 0 spiro atoms. The van der Waals surface area contributed by atoms with E-state index in [1.165, 1.54) is 11.0 Å². The van der Waals surface area contributed by atoms with E-state index in [9.17, 15) is 19.5 Å². The lowest BCUT2D eigenvalue weighted by Crippen LogP contribution is -2.52. The zero-order valence-electron chi connectivity index (χ0n) is 20.7. The Labute approximate surface area is 206 Å². The number of aliphatic imine (C=N–C) groups is 1. The number of aliphatic carboxylic acids is 1. The van der Waals surface area contributed by atoms with Gasteiger partial charge in [-0.05, 0) is 31.7 Å². The maximum atomic E-state index is 13.6. The van der Waals surface area contributed by atoms with E-state index < -0.39 is 35.3 Å². The van der Waals surface area contributed by atoms with Gasteiger partial charge in [0, 0.05) is 18.2 Å². The molecule has 2 aromatic carbocycles. The Balaban J connectivity index is 2.07. The van der Waals surface area contributed by atoms with Crippen LogP contribution in [0, 0.1) is 17.3 Å². The number of likely N-dealkylation sites (N-methyl/N-ethyl adjacent to an activating group) is 1. The molecule has 184 valence electrons. The quantitative estimate of drug-likeness (QED) is 0.529. The van der Waals surface area contributed by atoms with Crippen LogP contribution < -0.4 is 10.2 Å². The minimum atomic E-state index is -1.37. The number of nitrogens with zero attached hydrogens (tertiary/aromatic N) is 2. The van der Waals surface area contributed by atoms with E-state index in [2.05, 4.69) is 11.9 Å². The van der Waals surface area contributed by atoms with Crippen LogP contribution in [-0.4, -0.2) is 41.8 Å². The molecule has 7 heteroatoms. The van der Waals surface area contributed by atoms with Crippen molar-refractivity contribution < 1.29 is 19.5 Å². The van der Waals surface area contributed by atoms with Crippen LogP contribution in [0.15, 0.2) is 72.2 Å². The monoisotopic (exact) mass is 475 g/mol. The molecule has 0 fully saturated rings. The summed E-state index contributed by atoms with van der Waals surface area (Å²) in [7, 11) is 1.65. The van der Waals surface area contributed by atoms with Crippen LogP contribution in [-0.2, 0) is 14.4 Å². The number of carboxylic acids is 1. The Hall–Kier alpha value is -3.74. The molecule has 1 heterocycles. The smallest absolute Gasteiger partial charge is 0.310 e. The van der Waals surface area contributed by atoms with Crippen LogP contribution in [0.4, 0.5) is 5.69 Å². The molecular formula is C28H33N3O4. The van der Waals surface area contributed by atoms with Gasteiger partial charge in [-0.1, -0.05) is 68.5 Å². The standard InChI is InChI=1S/C28H33N3O4/c1-6-16-28(4,27(34)35)21(17-18(2)3)25(32)30-24-26(33)31(5)22-15-11-10-14-20(22)23(29-24)19-12-8-7-9-13-19/h6-15,18,21,24H,1,16-17H2,2-5H3,(H,30,32)(H,34,35)/t21-,24+,28+/m0/s1. The highest BCUT2D eigenvalue weighted by Crippen LogP contribution is 2.37. The van der Waals surface area contributed by atoms with Gasteiger partial charge in [0.25, 0.3) is 5.91 Å². The number of hydrogen-bond acceptors (Lipinski definition) is 4. The second kappa shape index (κ2) is 10.7. The largest absolute Gasteiger partial charge is 0.481 e. The van der Waals surface area contributed by atoms with Crippen molar-refractivity contribution in [2.24, 2.45) is 22.2 Å². The summed E-state index contributed by atoms with van der Waals surface area (Å²) in [5.41, 5.74) is 1.47. The minimum absolute atomic E-state index is 0.0642. The second-order valence-electron chi connectivity index (χ2n) is 9.57. The summed E-state index contributed by atoms with van der Waals surface area (Å²) < 4.78 is 0. The van der Waals surface area contributed by atoms with Crippen molar-refractivity contribution in [1.29, 1.82) is 0 Å². The molecule has 3 atom stereocenters. The first-order chi connectivity index (χ1) is 16.6. The molecule has 1 aliphatic heterocycles. The van der Waals surface area contributed by atoms with Crippen molar-refractivity contribution in [2.45, 2.75) is 39.8 Å². The number of para-hydroxylation sites is 1. The third-order valence-electron chi connectivity index (χ3n) is 6.52. The zero-order valence-corrected chi connectivity index (χ0v) is 20.7. The number of allylic oxidation sites excluding steroid dienone is 1. The number of benzene rings is 2. The van der Waals surface area contributed by atoms with Gasteiger partial charge in [0.1, 0.15) is 0 Å². The molecule has 0 saturated heterocycles. The first-order valence-electron chi connectivity index (χ1n) is 11.7. The summed E-state index contributed by atoms with van der Waals surface area (Å²) >= 11 is 0. The molecule has 0 unspecified atom stereocenters. The normalized spacial score (nSPS) is 18.1. The van der Waals surface area contributed by atoms with E-state index >= 15 is 0 Å². The van der Waals surface area contributed by atoms with Crippen LogP contribution in [0.1, 0.15) is 44.7 Å². The zero-order chi connectivity index (χ0) is 25.8. The first kappa shape index (κ1) is 25.9. The number of amides is 2. The molecule has 2 N–H and O–H groups in total. The molecule has 2 aromatic rings. The molecule has 0 aromatic heterocycles. The van der Waals surface area contributed by atoms with Crippen LogP contribution in [0.5, 0.6) is 0 Å². The molecule has 35 heavy (non-hydrogen) atoms. The Morgan fingerprint density at radius 2 is 1.80 bits per heavy atom. The Kier molecular flexibility index (Phi) is 7.89. The minimum Gasteiger partial charge on any atom is -0.481 e. The molecule has 0 aliphatic carbocycles. The van der Waals surface area contributed by atoms with Crippen molar-refractivity contribution in [3.05, 3.63) is 78.4 Å². The summed E-state index contributed by atoms with van der Waals surface area (Å²) in [4.78, 5) is 45.5. The highest BCUT2D eigenvalue weighted by molar-refractivity contribution is 6.20. The van der Waals surface area contributed by atoms with E-state index in [4.69, 9.17) is 4.99 Å². The van der Waals surface area contributed by atoms with Crippen LogP contribution in [0.2, 0.25) is 0 Å². The summed E-state index contributed by atoms with van der Waals surface area (Å²) in [6.45, 7) is 9.11. The first-order valence-corrected chi connectivity index (χ1v) is 11.7. The fourth-order valence-corrected chi connectivity index (χ4v) is 4.48. The van der Waals surface area contributed by atoms with Crippen molar-refractivity contribution in [3.63, 3.8) is 0 Å². The molecule has 0 saturated carbocycles. The number of fused-ring (bicyclic) bond motifs is 1. The van der Waals surface area contributed by atoms with Crippen molar-refractivity contribution in [1.82, 2.24) is 5.32 Å². The summed E-state index contributed by atoms with van der Waals surface area (Å²) in [5.74, 6) is -2.81. The van der Waals surface area contributed by atoms with Gasteiger partial charge in [-0.25, -0.2) is 4.99 Å². The predicted octanol–water partition coefficient (Wildman–Crippen LogP) is 4.27. The fourth-order valence-electron chi connectivity index (χ4n) is 4.48. The lowest BCUT2D eigenvalue weighted by molar-refractivity contribution is -0.156. The third-order valence-corrected chi connectivity index (χ3v) is 6.52. The summed E-state index contributed by atoms with van der Waals surface area (Å²) in [6.07, 6.45) is 0.776.